The van der Waals surface area contributed by atoms with Crippen LogP contribution in [0.25, 0.3) is 0 Å². The van der Waals surface area contributed by atoms with Crippen molar-refractivity contribution in [2.75, 3.05) is 20.8 Å². The summed E-state index contributed by atoms with van der Waals surface area (Å²) in [5, 5.41) is 3.52. The molecule has 106 valence electrons. The van der Waals surface area contributed by atoms with E-state index in [0.717, 1.165) is 19.4 Å². The largest absolute Gasteiger partial charge is 0.377 e. The first-order valence-electron chi connectivity index (χ1n) is 7.45. The fraction of sp³-hybridized carbons (Fsp3) is 1.00. The fourth-order valence-electron chi connectivity index (χ4n) is 3.80. The highest BCUT2D eigenvalue weighted by Gasteiger charge is 2.47. The molecule has 1 heterocycles. The normalized spacial score (nSPS) is 31.7. The number of likely N-dealkylation sites (N-methyl/N-ethyl adjacent to an activating group) is 1. The van der Waals surface area contributed by atoms with Crippen LogP contribution in [0, 0.1) is 5.92 Å². The smallest absolute Gasteiger partial charge is 0.0803 e. The number of rotatable bonds is 5. The summed E-state index contributed by atoms with van der Waals surface area (Å²) in [7, 11) is 3.91. The summed E-state index contributed by atoms with van der Waals surface area (Å²) < 4.78 is 11.8. The second kappa shape index (κ2) is 5.48. The van der Waals surface area contributed by atoms with Crippen molar-refractivity contribution in [1.29, 1.82) is 0 Å². The number of hydrogen-bond donors (Lipinski definition) is 1. The van der Waals surface area contributed by atoms with Crippen LogP contribution in [0.1, 0.15) is 52.4 Å². The van der Waals surface area contributed by atoms with Gasteiger partial charge in [-0.2, -0.15) is 0 Å². The van der Waals surface area contributed by atoms with Crippen LogP contribution < -0.4 is 5.32 Å². The molecule has 0 radical (unpaired) electrons. The molecule has 1 saturated heterocycles. The minimum atomic E-state index is -0.0678. The molecule has 1 aliphatic heterocycles. The molecule has 2 fully saturated rings. The van der Waals surface area contributed by atoms with Gasteiger partial charge in [-0.15, -0.1) is 0 Å². The Labute approximate surface area is 112 Å². The van der Waals surface area contributed by atoms with Crippen LogP contribution in [0.3, 0.4) is 0 Å². The molecular formula is C15H29NO2. The monoisotopic (exact) mass is 255 g/mol. The average Bonchev–Trinajstić information content (AvgIpc) is 2.38. The first kappa shape index (κ1) is 14.3. The Morgan fingerprint density at radius 3 is 2.67 bits per heavy atom. The summed E-state index contributed by atoms with van der Waals surface area (Å²) in [6, 6.07) is 0.425. The number of ether oxygens (including phenoxy) is 2. The summed E-state index contributed by atoms with van der Waals surface area (Å²) in [6.45, 7) is 5.37. The minimum Gasteiger partial charge on any atom is -0.377 e. The zero-order valence-corrected chi connectivity index (χ0v) is 12.4. The van der Waals surface area contributed by atoms with E-state index in [2.05, 4.69) is 26.2 Å². The zero-order chi connectivity index (χ0) is 13.2. The molecule has 3 nitrogen and oxygen atoms in total. The Bertz CT molecular complexity index is 272. The van der Waals surface area contributed by atoms with Crippen LogP contribution in [-0.2, 0) is 9.47 Å². The molecule has 3 unspecified atom stereocenters. The summed E-state index contributed by atoms with van der Waals surface area (Å²) in [5.41, 5.74) is 0.155. The molecule has 0 bridgehead atoms. The maximum absolute atomic E-state index is 6.04. The van der Waals surface area contributed by atoms with Gasteiger partial charge < -0.3 is 14.8 Å². The first-order chi connectivity index (χ1) is 8.59. The van der Waals surface area contributed by atoms with E-state index in [-0.39, 0.29) is 11.2 Å². The topological polar surface area (TPSA) is 30.5 Å². The van der Waals surface area contributed by atoms with Gasteiger partial charge in [-0.05, 0) is 58.4 Å². The Kier molecular flexibility index (Phi) is 4.35. The summed E-state index contributed by atoms with van der Waals surface area (Å²) in [4.78, 5) is 0. The van der Waals surface area contributed by atoms with E-state index in [9.17, 15) is 0 Å². The predicted molar refractivity (Wildman–Crippen MR) is 73.8 cm³/mol. The van der Waals surface area contributed by atoms with Gasteiger partial charge in [0.05, 0.1) is 11.2 Å². The molecule has 1 N–H and O–H groups in total. The molecule has 2 aliphatic rings. The molecule has 3 heteroatoms. The number of hydrogen-bond acceptors (Lipinski definition) is 3. The molecule has 2 rings (SSSR count). The molecule has 0 amide bonds. The van der Waals surface area contributed by atoms with Gasteiger partial charge in [0.15, 0.2) is 0 Å². The van der Waals surface area contributed by atoms with Crippen molar-refractivity contribution in [2.45, 2.75) is 69.6 Å². The Hall–Kier alpha value is -0.120. The van der Waals surface area contributed by atoms with E-state index >= 15 is 0 Å². The lowest BCUT2D eigenvalue weighted by Crippen LogP contribution is -2.57. The van der Waals surface area contributed by atoms with Crippen LogP contribution in [0.15, 0.2) is 0 Å². The number of nitrogens with one attached hydrogen (secondary N) is 1. The highest BCUT2D eigenvalue weighted by molar-refractivity contribution is 5.00. The zero-order valence-electron chi connectivity index (χ0n) is 12.4. The van der Waals surface area contributed by atoms with Crippen LogP contribution in [-0.4, -0.2) is 38.0 Å². The predicted octanol–water partition coefficient (Wildman–Crippen LogP) is 2.74. The maximum Gasteiger partial charge on any atom is 0.0803 e. The maximum atomic E-state index is 6.04. The van der Waals surface area contributed by atoms with Gasteiger partial charge in [-0.25, -0.2) is 0 Å². The van der Waals surface area contributed by atoms with E-state index in [1.165, 1.54) is 25.7 Å². The Morgan fingerprint density at radius 2 is 2.22 bits per heavy atom. The second-order valence-electron chi connectivity index (χ2n) is 6.27. The SMILES string of the molecule is CCC(C)(OC)C(NC)C1CCOC2(CCC2)C1. The number of methoxy groups -OCH3 is 1. The molecule has 1 spiro atoms. The van der Waals surface area contributed by atoms with E-state index < -0.39 is 0 Å². The summed E-state index contributed by atoms with van der Waals surface area (Å²) >= 11 is 0. The van der Waals surface area contributed by atoms with Crippen LogP contribution in [0.5, 0.6) is 0 Å². The van der Waals surface area contributed by atoms with Gasteiger partial charge in [0.1, 0.15) is 0 Å². The van der Waals surface area contributed by atoms with E-state index in [1.807, 2.05) is 7.11 Å². The van der Waals surface area contributed by atoms with Gasteiger partial charge in [0.25, 0.3) is 0 Å². The van der Waals surface area contributed by atoms with Crippen LogP contribution in [0.2, 0.25) is 0 Å². The average molecular weight is 255 g/mol. The third-order valence-corrected chi connectivity index (χ3v) is 5.40. The van der Waals surface area contributed by atoms with Gasteiger partial charge in [0.2, 0.25) is 0 Å². The standard InChI is InChI=1S/C15H29NO2/c1-5-14(2,17-4)13(16-3)12-7-10-18-15(11-12)8-6-9-15/h12-13,16H,5-11H2,1-4H3. The van der Waals surface area contributed by atoms with Crippen molar-refractivity contribution in [3.8, 4) is 0 Å². The van der Waals surface area contributed by atoms with Gasteiger partial charge in [-0.3, -0.25) is 0 Å². The van der Waals surface area contributed by atoms with Crippen molar-refractivity contribution in [1.82, 2.24) is 5.32 Å². The van der Waals surface area contributed by atoms with Crippen LogP contribution in [0.4, 0.5) is 0 Å². The highest BCUT2D eigenvalue weighted by atomic mass is 16.5. The lowest BCUT2D eigenvalue weighted by Gasteiger charge is -2.51. The van der Waals surface area contributed by atoms with Crippen LogP contribution >= 0.6 is 0 Å². The fourth-order valence-corrected chi connectivity index (χ4v) is 3.80. The van der Waals surface area contributed by atoms with Crippen molar-refractivity contribution >= 4 is 0 Å². The van der Waals surface area contributed by atoms with Crippen molar-refractivity contribution in [3.63, 3.8) is 0 Å². The highest BCUT2D eigenvalue weighted by Crippen LogP contribution is 2.46. The van der Waals surface area contributed by atoms with Crippen molar-refractivity contribution in [2.24, 2.45) is 5.92 Å². The molecule has 18 heavy (non-hydrogen) atoms. The van der Waals surface area contributed by atoms with Gasteiger partial charge >= 0.3 is 0 Å². The third kappa shape index (κ3) is 2.45. The lowest BCUT2D eigenvalue weighted by atomic mass is 9.68. The molecular weight excluding hydrogens is 226 g/mol. The van der Waals surface area contributed by atoms with Crippen molar-refractivity contribution in [3.05, 3.63) is 0 Å². The van der Waals surface area contributed by atoms with Gasteiger partial charge in [0, 0.05) is 19.8 Å². The van der Waals surface area contributed by atoms with E-state index in [1.54, 1.807) is 0 Å². The van der Waals surface area contributed by atoms with Crippen molar-refractivity contribution < 1.29 is 9.47 Å². The molecule has 1 aliphatic carbocycles. The lowest BCUT2D eigenvalue weighted by molar-refractivity contribution is -0.159. The third-order valence-electron chi connectivity index (χ3n) is 5.40. The first-order valence-corrected chi connectivity index (χ1v) is 7.45. The Balaban J connectivity index is 2.07. The molecule has 1 saturated carbocycles. The molecule has 0 aromatic heterocycles. The molecule has 3 atom stereocenters. The Morgan fingerprint density at radius 1 is 1.50 bits per heavy atom. The summed E-state index contributed by atoms with van der Waals surface area (Å²) in [5.74, 6) is 0.675. The molecule has 0 aromatic carbocycles. The minimum absolute atomic E-state index is 0.0678. The van der Waals surface area contributed by atoms with E-state index in [4.69, 9.17) is 9.47 Å². The van der Waals surface area contributed by atoms with Gasteiger partial charge in [-0.1, -0.05) is 6.92 Å². The quantitative estimate of drug-likeness (QED) is 0.819. The second-order valence-corrected chi connectivity index (χ2v) is 6.27. The summed E-state index contributed by atoms with van der Waals surface area (Å²) in [6.07, 6.45) is 7.26. The molecule has 0 aromatic rings. The van der Waals surface area contributed by atoms with E-state index in [0.29, 0.717) is 12.0 Å².